The number of rotatable bonds is 1. The minimum absolute atomic E-state index is 0.349. The van der Waals surface area contributed by atoms with Crippen LogP contribution in [0.1, 0.15) is 21.5 Å². The Kier molecular flexibility index (Phi) is 2.52. The van der Waals surface area contributed by atoms with E-state index < -0.39 is 5.97 Å². The molecular formula is C15H13NO2. The summed E-state index contributed by atoms with van der Waals surface area (Å²) in [6.45, 7) is 0. The van der Waals surface area contributed by atoms with Gasteiger partial charge in [-0.3, -0.25) is 0 Å². The second kappa shape index (κ2) is 4.18. The van der Waals surface area contributed by atoms with E-state index >= 15 is 0 Å². The van der Waals surface area contributed by atoms with Gasteiger partial charge in [0.25, 0.3) is 0 Å². The molecule has 0 aliphatic carbocycles. The first-order valence-corrected chi connectivity index (χ1v) is 5.95. The van der Waals surface area contributed by atoms with Crippen LogP contribution in [-0.2, 0) is 12.8 Å². The highest BCUT2D eigenvalue weighted by Crippen LogP contribution is 2.30. The Hall–Kier alpha value is -2.29. The number of carbonyl (C=O) groups is 1. The highest BCUT2D eigenvalue weighted by molar-refractivity contribution is 5.89. The predicted octanol–water partition coefficient (Wildman–Crippen LogP) is 3.23. The summed E-state index contributed by atoms with van der Waals surface area (Å²) in [5.74, 6) is -0.875. The molecule has 18 heavy (non-hydrogen) atoms. The molecule has 3 nitrogen and oxygen atoms in total. The van der Waals surface area contributed by atoms with Crippen LogP contribution < -0.4 is 5.32 Å². The van der Waals surface area contributed by atoms with E-state index in [4.69, 9.17) is 5.11 Å². The highest BCUT2D eigenvalue weighted by atomic mass is 16.4. The number of aromatic carboxylic acids is 1. The summed E-state index contributed by atoms with van der Waals surface area (Å²) in [5.41, 5.74) is 4.79. The van der Waals surface area contributed by atoms with Crippen molar-refractivity contribution in [3.63, 3.8) is 0 Å². The Labute approximate surface area is 105 Å². The smallest absolute Gasteiger partial charge is 0.335 e. The molecule has 0 atom stereocenters. The summed E-state index contributed by atoms with van der Waals surface area (Å²) in [7, 11) is 0. The molecule has 0 saturated carbocycles. The summed E-state index contributed by atoms with van der Waals surface area (Å²) in [5, 5.41) is 12.4. The van der Waals surface area contributed by atoms with Gasteiger partial charge in [0.1, 0.15) is 0 Å². The molecule has 0 aromatic heterocycles. The molecule has 1 heterocycles. The first-order valence-electron chi connectivity index (χ1n) is 5.95. The maximum Gasteiger partial charge on any atom is 0.335 e. The minimum Gasteiger partial charge on any atom is -0.478 e. The summed E-state index contributed by atoms with van der Waals surface area (Å²) < 4.78 is 0. The third-order valence-corrected chi connectivity index (χ3v) is 3.30. The van der Waals surface area contributed by atoms with Crippen LogP contribution in [0.25, 0.3) is 0 Å². The summed E-state index contributed by atoms with van der Waals surface area (Å²) in [6, 6.07) is 13.4. The molecule has 0 amide bonds. The number of carboxylic acid groups (broad SMARTS) is 1. The fourth-order valence-electron chi connectivity index (χ4n) is 2.33. The standard InChI is InChI=1S/C15H13NO2/c17-15(18)12-7-8-14-11(9-12)6-5-10-3-1-2-4-13(10)16-14/h1-4,7-9,16H,5-6H2,(H,17,18). The number of hydrogen-bond acceptors (Lipinski definition) is 2. The van der Waals surface area contributed by atoms with E-state index in [-0.39, 0.29) is 0 Å². The second-order valence-corrected chi connectivity index (χ2v) is 4.46. The third-order valence-electron chi connectivity index (χ3n) is 3.30. The Morgan fingerprint density at radius 3 is 2.56 bits per heavy atom. The monoisotopic (exact) mass is 239 g/mol. The average Bonchev–Trinajstić information content (AvgIpc) is 2.56. The van der Waals surface area contributed by atoms with Crippen molar-refractivity contribution in [2.75, 3.05) is 5.32 Å². The van der Waals surface area contributed by atoms with Gasteiger partial charge in [0.05, 0.1) is 5.56 Å². The van der Waals surface area contributed by atoms with E-state index in [1.54, 1.807) is 12.1 Å². The van der Waals surface area contributed by atoms with Gasteiger partial charge in [0, 0.05) is 11.4 Å². The molecule has 1 aliphatic heterocycles. The molecule has 2 aromatic carbocycles. The van der Waals surface area contributed by atoms with Crippen LogP contribution in [-0.4, -0.2) is 11.1 Å². The molecular weight excluding hydrogens is 226 g/mol. The van der Waals surface area contributed by atoms with Gasteiger partial charge in [0.2, 0.25) is 0 Å². The number of benzene rings is 2. The molecule has 2 N–H and O–H groups in total. The molecule has 0 bridgehead atoms. The van der Waals surface area contributed by atoms with Crippen molar-refractivity contribution in [2.45, 2.75) is 12.8 Å². The molecule has 1 aliphatic rings. The van der Waals surface area contributed by atoms with Crippen molar-refractivity contribution >= 4 is 17.3 Å². The normalized spacial score (nSPS) is 12.9. The number of aryl methyl sites for hydroxylation is 2. The SMILES string of the molecule is O=C(O)c1ccc2c(c1)CCc1ccccc1N2. The van der Waals surface area contributed by atoms with Gasteiger partial charge in [-0.1, -0.05) is 18.2 Å². The molecule has 2 aromatic rings. The average molecular weight is 239 g/mol. The highest BCUT2D eigenvalue weighted by Gasteiger charge is 2.14. The zero-order valence-electron chi connectivity index (χ0n) is 9.81. The van der Waals surface area contributed by atoms with E-state index in [1.807, 2.05) is 18.2 Å². The van der Waals surface area contributed by atoms with Crippen molar-refractivity contribution in [1.82, 2.24) is 0 Å². The molecule has 3 heteroatoms. The number of para-hydroxylation sites is 1. The van der Waals surface area contributed by atoms with E-state index in [9.17, 15) is 4.79 Å². The molecule has 90 valence electrons. The number of nitrogens with one attached hydrogen (secondary N) is 1. The summed E-state index contributed by atoms with van der Waals surface area (Å²) in [4.78, 5) is 11.0. The zero-order chi connectivity index (χ0) is 12.5. The van der Waals surface area contributed by atoms with Crippen LogP contribution in [0.3, 0.4) is 0 Å². The van der Waals surface area contributed by atoms with Gasteiger partial charge in [-0.15, -0.1) is 0 Å². The van der Waals surface area contributed by atoms with Crippen LogP contribution in [0.15, 0.2) is 42.5 Å². The molecule has 0 fully saturated rings. The fourth-order valence-corrected chi connectivity index (χ4v) is 2.33. The first-order chi connectivity index (χ1) is 8.74. The fraction of sp³-hybridized carbons (Fsp3) is 0.133. The predicted molar refractivity (Wildman–Crippen MR) is 70.5 cm³/mol. The van der Waals surface area contributed by atoms with Gasteiger partial charge < -0.3 is 10.4 Å². The topological polar surface area (TPSA) is 49.3 Å². The maximum atomic E-state index is 11.0. The number of carboxylic acids is 1. The van der Waals surface area contributed by atoms with Gasteiger partial charge in [0.15, 0.2) is 0 Å². The minimum atomic E-state index is -0.875. The van der Waals surface area contributed by atoms with Crippen molar-refractivity contribution in [3.8, 4) is 0 Å². The second-order valence-electron chi connectivity index (χ2n) is 4.46. The van der Waals surface area contributed by atoms with Crippen LogP contribution in [0, 0.1) is 0 Å². The van der Waals surface area contributed by atoms with Gasteiger partial charge in [-0.05, 0) is 48.2 Å². The van der Waals surface area contributed by atoms with Gasteiger partial charge in [-0.2, -0.15) is 0 Å². The van der Waals surface area contributed by atoms with Crippen LogP contribution in [0.2, 0.25) is 0 Å². The van der Waals surface area contributed by atoms with E-state index in [1.165, 1.54) is 5.56 Å². The van der Waals surface area contributed by atoms with E-state index in [0.29, 0.717) is 5.56 Å². The third kappa shape index (κ3) is 1.84. The Morgan fingerprint density at radius 1 is 1.00 bits per heavy atom. The van der Waals surface area contributed by atoms with E-state index in [2.05, 4.69) is 17.4 Å². The lowest BCUT2D eigenvalue weighted by Gasteiger charge is -2.09. The molecule has 0 radical (unpaired) electrons. The number of hydrogen-bond donors (Lipinski definition) is 2. The first kappa shape index (κ1) is 10.8. The molecule has 0 spiro atoms. The van der Waals surface area contributed by atoms with Crippen LogP contribution in [0.5, 0.6) is 0 Å². The lowest BCUT2D eigenvalue weighted by Crippen LogP contribution is -2.00. The molecule has 0 saturated heterocycles. The lowest BCUT2D eigenvalue weighted by atomic mass is 10.0. The Morgan fingerprint density at radius 2 is 1.72 bits per heavy atom. The summed E-state index contributed by atoms with van der Waals surface area (Å²) in [6.07, 6.45) is 1.79. The van der Waals surface area contributed by atoms with Crippen LogP contribution >= 0.6 is 0 Å². The van der Waals surface area contributed by atoms with Crippen LogP contribution in [0.4, 0.5) is 11.4 Å². The zero-order valence-corrected chi connectivity index (χ0v) is 9.81. The van der Waals surface area contributed by atoms with Crippen molar-refractivity contribution < 1.29 is 9.90 Å². The number of fused-ring (bicyclic) bond motifs is 2. The molecule has 0 unspecified atom stereocenters. The van der Waals surface area contributed by atoms with Gasteiger partial charge >= 0.3 is 5.97 Å². The molecule has 3 rings (SSSR count). The lowest BCUT2D eigenvalue weighted by molar-refractivity contribution is 0.0697. The quantitative estimate of drug-likeness (QED) is 0.803. The van der Waals surface area contributed by atoms with E-state index in [0.717, 1.165) is 29.8 Å². The summed E-state index contributed by atoms with van der Waals surface area (Å²) >= 11 is 0. The van der Waals surface area contributed by atoms with Crippen molar-refractivity contribution in [3.05, 3.63) is 59.2 Å². The van der Waals surface area contributed by atoms with Gasteiger partial charge in [-0.25, -0.2) is 4.79 Å². The maximum absolute atomic E-state index is 11.0. The Bertz CT molecular complexity index is 620. The number of anilines is 2. The Balaban J connectivity index is 2.04. The van der Waals surface area contributed by atoms with Crippen molar-refractivity contribution in [2.24, 2.45) is 0 Å². The van der Waals surface area contributed by atoms with Crippen molar-refractivity contribution in [1.29, 1.82) is 0 Å². The largest absolute Gasteiger partial charge is 0.478 e.